The molecule has 6 N–H and O–H groups in total. The zero-order valence-electron chi connectivity index (χ0n) is 43.5. The molecule has 0 radical (unpaired) electrons. The fourth-order valence-electron chi connectivity index (χ4n) is 10.7. The third-order valence-electron chi connectivity index (χ3n) is 15.1. The molecule has 5 aromatic carbocycles. The van der Waals surface area contributed by atoms with E-state index in [9.17, 15) is 4.79 Å². The van der Waals surface area contributed by atoms with E-state index in [1.807, 2.05) is 61.8 Å². The molecule has 2 fully saturated rings. The van der Waals surface area contributed by atoms with E-state index in [4.69, 9.17) is 15.7 Å². The summed E-state index contributed by atoms with van der Waals surface area (Å²) in [6.07, 6.45) is 7.88. The van der Waals surface area contributed by atoms with E-state index in [2.05, 4.69) is 154 Å². The second-order valence-electron chi connectivity index (χ2n) is 20.5. The number of aromatic nitrogens is 4. The number of halogens is 1. The van der Waals surface area contributed by atoms with Gasteiger partial charge in [0, 0.05) is 122 Å². The van der Waals surface area contributed by atoms with E-state index in [1.165, 1.54) is 33.4 Å². The molecule has 2 atom stereocenters. The molecule has 15 heteroatoms. The van der Waals surface area contributed by atoms with Crippen LogP contribution < -0.4 is 27.0 Å². The number of fused-ring (bicyclic) bond motifs is 6. The fraction of sp³-hybridized carbons (Fsp3) is 0.350. The molecule has 2 aliphatic carbocycles. The molecule has 2 unspecified atom stereocenters. The van der Waals surface area contributed by atoms with Gasteiger partial charge in [0.2, 0.25) is 11.9 Å². The number of rotatable bonds is 14. The molecule has 4 heterocycles. The quantitative estimate of drug-likeness (QED) is 0.0520. The summed E-state index contributed by atoms with van der Waals surface area (Å²) in [7, 11) is 4.39. The van der Waals surface area contributed by atoms with E-state index in [0.29, 0.717) is 11.9 Å². The molecular weight excluding hydrogens is 999 g/mol. The SMILES string of the molecule is CN1CCN(CCCNc2ncc3c(n2)-c2ccccc2C(c2ccc(N)cc2)C3)CC1.Cc1cc(NC(=O)Nc2ccc(C3Cc4cnc(NCCCN5CCN(C)CC5)nc4-c4ccccc43)cc2)ccc1Br. The van der Waals surface area contributed by atoms with Crippen LogP contribution >= 0.6 is 15.9 Å². The molecule has 388 valence electrons. The Labute approximate surface area is 450 Å². The molecule has 0 spiro atoms. The average molecular weight is 1070 g/mol. The lowest BCUT2D eigenvalue weighted by atomic mass is 9.78. The Bertz CT molecular complexity index is 3050. The van der Waals surface area contributed by atoms with Crippen molar-refractivity contribution < 1.29 is 4.79 Å². The second kappa shape index (κ2) is 24.3. The molecule has 14 nitrogen and oxygen atoms in total. The van der Waals surface area contributed by atoms with Gasteiger partial charge in [-0.3, -0.25) is 0 Å². The number of nitrogen functional groups attached to an aromatic ring is 1. The Hall–Kier alpha value is -6.75. The molecule has 7 aromatic rings. The van der Waals surface area contributed by atoms with Gasteiger partial charge in [0.1, 0.15) is 0 Å². The molecule has 0 bridgehead atoms. The van der Waals surface area contributed by atoms with E-state index < -0.39 is 0 Å². The summed E-state index contributed by atoms with van der Waals surface area (Å²) in [6, 6.07) is 39.0. The summed E-state index contributed by atoms with van der Waals surface area (Å²) in [6.45, 7) is 15.2. The van der Waals surface area contributed by atoms with Crippen LogP contribution in [0.15, 0.2) is 132 Å². The molecular formula is C60H70BrN13O. The number of nitrogens with one attached hydrogen (secondary N) is 4. The Morgan fingerprint density at radius 3 is 1.55 bits per heavy atom. The number of likely N-dealkylation sites (N-methyl/N-ethyl adjacent to an activating group) is 2. The Morgan fingerprint density at radius 2 is 1.05 bits per heavy atom. The van der Waals surface area contributed by atoms with Crippen LogP contribution in [0.1, 0.15) is 63.6 Å². The van der Waals surface area contributed by atoms with Gasteiger partial charge in [0.05, 0.1) is 11.4 Å². The maximum atomic E-state index is 12.6. The number of carbonyl (C=O) groups is 1. The van der Waals surface area contributed by atoms with Crippen LogP contribution in [0.3, 0.4) is 0 Å². The number of piperazine rings is 2. The van der Waals surface area contributed by atoms with Gasteiger partial charge in [0.15, 0.2) is 0 Å². The number of carbonyl (C=O) groups excluding carboxylic acids is 1. The first-order valence-electron chi connectivity index (χ1n) is 26.6. The van der Waals surface area contributed by atoms with Crippen LogP contribution in [-0.2, 0) is 12.8 Å². The number of aryl methyl sites for hydroxylation is 1. The smallest absolute Gasteiger partial charge is 0.323 e. The summed E-state index contributed by atoms with van der Waals surface area (Å²) in [5.74, 6) is 1.90. The number of benzene rings is 5. The standard InChI is InChI=1S/C34H38BrN7O.C26H32N6/c1-23-20-27(12-13-31(23)35)39-34(43)38-26-10-8-24(9-11-26)30-21-25-22-37-33(40-32(25)29-7-4-3-6-28(29)30)36-14-5-15-42-18-16-41(2)17-19-42;1-31-13-15-32(16-14-31)12-4-11-28-26-29-18-20-17-24(19-7-9-21(27)10-8-19)22-5-2-3-6-23(22)25(20)30-26/h3-4,6-13,20,22,30H,5,14-19,21H2,1-2H3,(H,36,37,40)(H2,38,39,43);2-3,5-10,18,24H,4,11-17,27H2,1H3,(H,28,29,30). The van der Waals surface area contributed by atoms with Crippen molar-refractivity contribution in [3.63, 3.8) is 0 Å². The van der Waals surface area contributed by atoms with E-state index in [0.717, 1.165) is 160 Å². The first kappa shape index (κ1) is 51.7. The molecule has 2 amide bonds. The van der Waals surface area contributed by atoms with Gasteiger partial charge in [-0.2, -0.15) is 0 Å². The van der Waals surface area contributed by atoms with Crippen molar-refractivity contribution in [3.05, 3.63) is 171 Å². The van der Waals surface area contributed by atoms with Crippen LogP contribution in [0, 0.1) is 6.92 Å². The van der Waals surface area contributed by atoms with Crippen molar-refractivity contribution in [2.45, 2.75) is 44.4 Å². The summed E-state index contributed by atoms with van der Waals surface area (Å²) in [5.41, 5.74) is 21.1. The van der Waals surface area contributed by atoms with Crippen molar-refractivity contribution in [1.82, 2.24) is 39.5 Å². The highest BCUT2D eigenvalue weighted by molar-refractivity contribution is 9.10. The van der Waals surface area contributed by atoms with Crippen LogP contribution in [-0.4, -0.2) is 138 Å². The molecule has 2 aromatic heterocycles. The Morgan fingerprint density at radius 1 is 0.600 bits per heavy atom. The second-order valence-corrected chi connectivity index (χ2v) is 21.4. The number of amides is 2. The highest BCUT2D eigenvalue weighted by atomic mass is 79.9. The minimum absolute atomic E-state index is 0.184. The van der Waals surface area contributed by atoms with Crippen molar-refractivity contribution in [3.8, 4) is 22.5 Å². The summed E-state index contributed by atoms with van der Waals surface area (Å²) >= 11 is 3.49. The average Bonchev–Trinajstić information content (AvgIpc) is 3.44. The lowest BCUT2D eigenvalue weighted by molar-refractivity contribution is 0.154. The number of nitrogens with zero attached hydrogens (tertiary/aromatic N) is 8. The van der Waals surface area contributed by atoms with E-state index >= 15 is 0 Å². The summed E-state index contributed by atoms with van der Waals surface area (Å²) in [4.78, 5) is 41.7. The number of urea groups is 1. The van der Waals surface area contributed by atoms with Gasteiger partial charge >= 0.3 is 6.03 Å². The van der Waals surface area contributed by atoms with Crippen molar-refractivity contribution in [2.24, 2.45) is 0 Å². The lowest BCUT2D eigenvalue weighted by Gasteiger charge is -2.32. The molecule has 75 heavy (non-hydrogen) atoms. The third-order valence-corrected chi connectivity index (χ3v) is 16.0. The minimum atomic E-state index is -0.271. The van der Waals surface area contributed by atoms with Gasteiger partial charge in [-0.25, -0.2) is 24.7 Å². The predicted octanol–water partition coefficient (Wildman–Crippen LogP) is 10.1. The first-order valence-corrected chi connectivity index (χ1v) is 27.4. The molecule has 2 saturated heterocycles. The normalized spacial score (nSPS) is 17.5. The van der Waals surface area contributed by atoms with Gasteiger partial charge in [0.25, 0.3) is 0 Å². The van der Waals surface area contributed by atoms with Gasteiger partial charge in [-0.05, 0) is 141 Å². The summed E-state index contributed by atoms with van der Waals surface area (Å²) < 4.78 is 1.01. The van der Waals surface area contributed by atoms with Crippen molar-refractivity contribution >= 4 is 50.9 Å². The first-order chi connectivity index (χ1) is 36.6. The number of anilines is 5. The zero-order chi connectivity index (χ0) is 51.7. The van der Waals surface area contributed by atoms with E-state index in [1.54, 1.807) is 0 Å². The zero-order valence-corrected chi connectivity index (χ0v) is 45.1. The predicted molar refractivity (Wildman–Crippen MR) is 309 cm³/mol. The minimum Gasteiger partial charge on any atom is -0.399 e. The van der Waals surface area contributed by atoms with Crippen LogP contribution in [0.4, 0.5) is 33.8 Å². The maximum Gasteiger partial charge on any atom is 0.323 e. The largest absolute Gasteiger partial charge is 0.399 e. The van der Waals surface area contributed by atoms with Gasteiger partial charge in [-0.1, -0.05) is 88.7 Å². The van der Waals surface area contributed by atoms with Crippen LogP contribution in [0.5, 0.6) is 0 Å². The molecule has 4 aliphatic rings. The number of hydrogen-bond donors (Lipinski definition) is 5. The van der Waals surface area contributed by atoms with Crippen LogP contribution in [0.25, 0.3) is 22.5 Å². The van der Waals surface area contributed by atoms with Crippen molar-refractivity contribution in [2.75, 3.05) is 120 Å². The van der Waals surface area contributed by atoms with Gasteiger partial charge < -0.3 is 46.6 Å². The number of hydrogen-bond acceptors (Lipinski definition) is 12. The Kier molecular flexibility index (Phi) is 16.7. The van der Waals surface area contributed by atoms with Gasteiger partial charge in [-0.15, -0.1) is 0 Å². The highest BCUT2D eigenvalue weighted by Crippen LogP contribution is 2.43. The topological polar surface area (TPSA) is 156 Å². The number of nitrogens with two attached hydrogens (primary N) is 1. The summed E-state index contributed by atoms with van der Waals surface area (Å²) in [5, 5.41) is 12.8. The van der Waals surface area contributed by atoms with Crippen molar-refractivity contribution in [1.29, 1.82) is 0 Å². The Balaban J connectivity index is 0.000000178. The fourth-order valence-corrected chi connectivity index (χ4v) is 11.0. The lowest BCUT2D eigenvalue weighted by Crippen LogP contribution is -2.44. The van der Waals surface area contributed by atoms with E-state index in [-0.39, 0.29) is 11.9 Å². The monoisotopic (exact) mass is 1070 g/mol. The molecule has 2 aliphatic heterocycles. The molecule has 0 saturated carbocycles. The third kappa shape index (κ3) is 13.0. The molecule has 11 rings (SSSR count). The highest BCUT2D eigenvalue weighted by Gasteiger charge is 2.29. The maximum absolute atomic E-state index is 12.6. The van der Waals surface area contributed by atoms with Crippen LogP contribution in [0.2, 0.25) is 0 Å².